The molecule has 0 aromatic heterocycles. The number of likely N-dealkylation sites (tertiary alicyclic amines) is 1. The Morgan fingerprint density at radius 1 is 1.24 bits per heavy atom. The van der Waals surface area contributed by atoms with Crippen LogP contribution in [0.15, 0.2) is 0 Å². The molecule has 100 valence electrons. The largest absolute Gasteiger partial charge is 0.341 e. The number of amides is 1. The maximum Gasteiger partial charge on any atom is 0.222 e. The Balaban J connectivity index is 2.51. The third kappa shape index (κ3) is 5.07. The summed E-state index contributed by atoms with van der Waals surface area (Å²) >= 11 is 0. The summed E-state index contributed by atoms with van der Waals surface area (Å²) in [4.78, 5) is 14.1. The lowest BCUT2D eigenvalue weighted by molar-refractivity contribution is -0.132. The molecule has 0 spiro atoms. The summed E-state index contributed by atoms with van der Waals surface area (Å²) in [6, 6.07) is 0.434. The molecule has 3 nitrogen and oxygen atoms in total. The van der Waals surface area contributed by atoms with Crippen LogP contribution < -0.4 is 5.32 Å². The Morgan fingerprint density at radius 2 is 1.94 bits per heavy atom. The van der Waals surface area contributed by atoms with Gasteiger partial charge in [-0.3, -0.25) is 4.79 Å². The molecule has 1 heterocycles. The van der Waals surface area contributed by atoms with Gasteiger partial charge in [0.05, 0.1) is 0 Å². The van der Waals surface area contributed by atoms with Crippen LogP contribution in [0, 0.1) is 5.92 Å². The molecule has 1 aliphatic rings. The van der Waals surface area contributed by atoms with Gasteiger partial charge in [0, 0.05) is 25.6 Å². The molecule has 1 rings (SSSR count). The van der Waals surface area contributed by atoms with E-state index in [-0.39, 0.29) is 0 Å². The summed E-state index contributed by atoms with van der Waals surface area (Å²) in [5.41, 5.74) is 0. The molecule has 1 N–H and O–H groups in total. The van der Waals surface area contributed by atoms with Gasteiger partial charge in [0.25, 0.3) is 0 Å². The molecule has 17 heavy (non-hydrogen) atoms. The highest BCUT2D eigenvalue weighted by Crippen LogP contribution is 2.13. The van der Waals surface area contributed by atoms with Crippen LogP contribution in [0.5, 0.6) is 0 Å². The quantitative estimate of drug-likeness (QED) is 0.800. The molecule has 1 fully saturated rings. The lowest BCUT2D eigenvalue weighted by Crippen LogP contribution is -2.46. The fraction of sp³-hybridized carbons (Fsp3) is 0.929. The van der Waals surface area contributed by atoms with E-state index >= 15 is 0 Å². The van der Waals surface area contributed by atoms with E-state index in [0.29, 0.717) is 17.9 Å². The van der Waals surface area contributed by atoms with Crippen molar-refractivity contribution in [2.45, 2.75) is 58.9 Å². The number of nitrogens with one attached hydrogen (secondary N) is 1. The summed E-state index contributed by atoms with van der Waals surface area (Å²) in [6.45, 7) is 9.39. The van der Waals surface area contributed by atoms with Gasteiger partial charge >= 0.3 is 0 Å². The summed E-state index contributed by atoms with van der Waals surface area (Å²) in [6.07, 6.45) is 5.49. The van der Waals surface area contributed by atoms with E-state index in [1.807, 2.05) is 0 Å². The standard InChI is InChI=1S/C14H28N2O/c1-4-15-13(12(2)3)11-16-10-8-6-5-7-9-14(16)17/h12-13,15H,4-11H2,1-3H3. The van der Waals surface area contributed by atoms with E-state index in [4.69, 9.17) is 0 Å². The summed E-state index contributed by atoms with van der Waals surface area (Å²) in [7, 11) is 0. The predicted molar refractivity (Wildman–Crippen MR) is 72.0 cm³/mol. The van der Waals surface area contributed by atoms with Crippen LogP contribution in [-0.4, -0.2) is 36.5 Å². The fourth-order valence-electron chi connectivity index (χ4n) is 2.42. The molecule has 1 amide bonds. The van der Waals surface area contributed by atoms with Crippen molar-refractivity contribution in [2.24, 2.45) is 5.92 Å². The fourth-order valence-corrected chi connectivity index (χ4v) is 2.42. The Hall–Kier alpha value is -0.570. The molecular weight excluding hydrogens is 212 g/mol. The van der Waals surface area contributed by atoms with E-state index in [1.54, 1.807) is 0 Å². The molecule has 1 saturated heterocycles. The smallest absolute Gasteiger partial charge is 0.222 e. The summed E-state index contributed by atoms with van der Waals surface area (Å²) < 4.78 is 0. The second kappa shape index (κ2) is 7.70. The van der Waals surface area contributed by atoms with Gasteiger partial charge in [-0.15, -0.1) is 0 Å². The molecule has 3 heteroatoms. The number of rotatable bonds is 5. The van der Waals surface area contributed by atoms with Crippen molar-refractivity contribution < 1.29 is 4.79 Å². The van der Waals surface area contributed by atoms with Gasteiger partial charge in [-0.25, -0.2) is 0 Å². The second-order valence-corrected chi connectivity index (χ2v) is 5.41. The molecule has 0 bridgehead atoms. The second-order valence-electron chi connectivity index (χ2n) is 5.41. The van der Waals surface area contributed by atoms with E-state index in [9.17, 15) is 4.79 Å². The SMILES string of the molecule is CCNC(CN1CCCCCCC1=O)C(C)C. The lowest BCUT2D eigenvalue weighted by atomic mass is 10.0. The number of likely N-dealkylation sites (N-methyl/N-ethyl adjacent to an activating group) is 1. The van der Waals surface area contributed by atoms with E-state index in [0.717, 1.165) is 32.5 Å². The van der Waals surface area contributed by atoms with E-state index in [2.05, 4.69) is 31.0 Å². The van der Waals surface area contributed by atoms with Crippen LogP contribution in [0.25, 0.3) is 0 Å². The van der Waals surface area contributed by atoms with Crippen LogP contribution in [0.3, 0.4) is 0 Å². The monoisotopic (exact) mass is 240 g/mol. The Kier molecular flexibility index (Phi) is 6.56. The first-order chi connectivity index (χ1) is 8.15. The van der Waals surface area contributed by atoms with Crippen molar-refractivity contribution >= 4 is 5.91 Å². The lowest BCUT2D eigenvalue weighted by Gasteiger charge is -2.31. The zero-order chi connectivity index (χ0) is 12.7. The highest BCUT2D eigenvalue weighted by molar-refractivity contribution is 5.76. The number of carbonyl (C=O) groups is 1. The average molecular weight is 240 g/mol. The minimum Gasteiger partial charge on any atom is -0.341 e. The average Bonchev–Trinajstić information content (AvgIpc) is 2.27. The van der Waals surface area contributed by atoms with Crippen LogP contribution in [0.1, 0.15) is 52.9 Å². The molecule has 0 aromatic rings. The number of hydrogen-bond donors (Lipinski definition) is 1. The third-order valence-corrected chi connectivity index (χ3v) is 3.61. The van der Waals surface area contributed by atoms with Crippen LogP contribution in [0.4, 0.5) is 0 Å². The number of carbonyl (C=O) groups excluding carboxylic acids is 1. The maximum absolute atomic E-state index is 12.0. The highest BCUT2D eigenvalue weighted by Gasteiger charge is 2.21. The van der Waals surface area contributed by atoms with Crippen LogP contribution >= 0.6 is 0 Å². The van der Waals surface area contributed by atoms with Gasteiger partial charge in [-0.1, -0.05) is 33.6 Å². The topological polar surface area (TPSA) is 32.3 Å². The molecule has 0 aliphatic carbocycles. The molecule has 1 aliphatic heterocycles. The van der Waals surface area contributed by atoms with Crippen molar-refractivity contribution in [2.75, 3.05) is 19.6 Å². The molecule has 0 aromatic carbocycles. The molecule has 1 atom stereocenters. The Labute approximate surface area is 106 Å². The minimum atomic E-state index is 0.355. The molecule has 0 radical (unpaired) electrons. The van der Waals surface area contributed by atoms with Crippen molar-refractivity contribution in [1.29, 1.82) is 0 Å². The first-order valence-electron chi connectivity index (χ1n) is 7.16. The van der Waals surface area contributed by atoms with Crippen molar-refractivity contribution in [1.82, 2.24) is 10.2 Å². The van der Waals surface area contributed by atoms with E-state index in [1.165, 1.54) is 19.3 Å². The zero-order valence-electron chi connectivity index (χ0n) is 11.7. The number of hydrogen-bond acceptors (Lipinski definition) is 2. The van der Waals surface area contributed by atoms with Crippen molar-refractivity contribution in [3.8, 4) is 0 Å². The van der Waals surface area contributed by atoms with Crippen LogP contribution in [-0.2, 0) is 4.79 Å². The normalized spacial score (nSPS) is 20.2. The molecule has 1 unspecified atom stereocenters. The first-order valence-corrected chi connectivity index (χ1v) is 7.16. The van der Waals surface area contributed by atoms with Gasteiger partial charge in [-0.2, -0.15) is 0 Å². The first kappa shape index (κ1) is 14.5. The zero-order valence-corrected chi connectivity index (χ0v) is 11.7. The van der Waals surface area contributed by atoms with Gasteiger partial charge in [0.15, 0.2) is 0 Å². The van der Waals surface area contributed by atoms with Gasteiger partial charge in [0.2, 0.25) is 5.91 Å². The Morgan fingerprint density at radius 3 is 2.59 bits per heavy atom. The minimum absolute atomic E-state index is 0.355. The van der Waals surface area contributed by atoms with Crippen molar-refractivity contribution in [3.63, 3.8) is 0 Å². The highest BCUT2D eigenvalue weighted by atomic mass is 16.2. The predicted octanol–water partition coefficient (Wildman–Crippen LogP) is 2.41. The van der Waals surface area contributed by atoms with Crippen molar-refractivity contribution in [3.05, 3.63) is 0 Å². The van der Waals surface area contributed by atoms with E-state index < -0.39 is 0 Å². The van der Waals surface area contributed by atoms with Gasteiger partial charge in [-0.05, 0) is 25.3 Å². The molecule has 0 saturated carbocycles. The van der Waals surface area contributed by atoms with Crippen LogP contribution in [0.2, 0.25) is 0 Å². The molecular formula is C14H28N2O. The van der Waals surface area contributed by atoms with Gasteiger partial charge < -0.3 is 10.2 Å². The van der Waals surface area contributed by atoms with Gasteiger partial charge in [0.1, 0.15) is 0 Å². The summed E-state index contributed by atoms with van der Waals surface area (Å²) in [5.74, 6) is 0.932. The third-order valence-electron chi connectivity index (χ3n) is 3.61. The maximum atomic E-state index is 12.0. The Bertz CT molecular complexity index is 228. The number of nitrogens with zero attached hydrogens (tertiary/aromatic N) is 1. The summed E-state index contributed by atoms with van der Waals surface area (Å²) in [5, 5.41) is 3.49.